The van der Waals surface area contributed by atoms with Crippen molar-refractivity contribution in [3.05, 3.63) is 95.1 Å². The highest BCUT2D eigenvalue weighted by Gasteiger charge is 2.04. The molecule has 0 aliphatic heterocycles. The summed E-state index contributed by atoms with van der Waals surface area (Å²) in [4.78, 5) is 0.747. The molecule has 3 aromatic rings. The quantitative estimate of drug-likeness (QED) is 0.433. The molecule has 0 aliphatic rings. The van der Waals surface area contributed by atoms with Crippen molar-refractivity contribution < 1.29 is 17.5 Å². The van der Waals surface area contributed by atoms with E-state index in [2.05, 4.69) is 0 Å². The summed E-state index contributed by atoms with van der Waals surface area (Å²) >= 11 is -4.06. The second-order valence-electron chi connectivity index (χ2n) is 5.91. The molecule has 0 spiro atoms. The van der Waals surface area contributed by atoms with Gasteiger partial charge < -0.3 is 9.11 Å². The maximum Gasteiger partial charge on any atom is 0.187 e. The fraction of sp³-hybridized carbons (Fsp3) is 0. The molecule has 2 atom stereocenters. The minimum atomic E-state index is -2.03. The van der Waals surface area contributed by atoms with Gasteiger partial charge in [0.25, 0.3) is 0 Å². The molecular weight excluding hydrogens is 392 g/mol. The molecule has 4 nitrogen and oxygen atoms in total. The molecule has 0 bridgehead atoms. The Morgan fingerprint density at radius 3 is 1.25 bits per heavy atom. The zero-order valence-electron chi connectivity index (χ0n) is 14.8. The maximum atomic E-state index is 11.4. The Bertz CT molecular complexity index is 983. The summed E-state index contributed by atoms with van der Waals surface area (Å²) in [6, 6.07) is 21.7. The fourth-order valence-electron chi connectivity index (χ4n) is 2.64. The first-order valence-corrected chi connectivity index (χ1v) is 10.6. The first-order valence-electron chi connectivity index (χ1n) is 8.40. The molecule has 0 saturated heterocycles. The summed E-state index contributed by atoms with van der Waals surface area (Å²) in [6.07, 6.45) is 7.37. The van der Waals surface area contributed by atoms with Gasteiger partial charge in [-0.15, -0.1) is 0 Å². The Kier molecular flexibility index (Phi) is 6.84. The molecule has 0 heterocycles. The minimum absolute atomic E-state index is 0.373. The molecule has 2 unspecified atom stereocenters. The Balaban J connectivity index is 1.76. The summed E-state index contributed by atoms with van der Waals surface area (Å²) in [5.41, 5.74) is 3.29. The smallest absolute Gasteiger partial charge is 0.187 e. The van der Waals surface area contributed by atoms with Crippen LogP contribution in [0.1, 0.15) is 22.3 Å². The van der Waals surface area contributed by atoms with Gasteiger partial charge in [0.05, 0.1) is 9.79 Å². The first kappa shape index (κ1) is 20.1. The van der Waals surface area contributed by atoms with Crippen molar-refractivity contribution in [1.82, 2.24) is 0 Å². The van der Waals surface area contributed by atoms with E-state index in [1.165, 1.54) is 0 Å². The highest BCUT2D eigenvalue weighted by Crippen LogP contribution is 2.18. The van der Waals surface area contributed by atoms with Gasteiger partial charge in [0.15, 0.2) is 22.2 Å². The Morgan fingerprint density at radius 1 is 0.536 bits per heavy atom. The van der Waals surface area contributed by atoms with Crippen LogP contribution in [0.4, 0.5) is 0 Å². The second-order valence-corrected chi connectivity index (χ2v) is 7.78. The normalized spacial score (nSPS) is 13.8. The lowest BCUT2D eigenvalue weighted by molar-refractivity contribution is 0.562. The van der Waals surface area contributed by atoms with Crippen molar-refractivity contribution in [2.45, 2.75) is 9.79 Å². The number of benzene rings is 3. The van der Waals surface area contributed by atoms with Gasteiger partial charge in [0.2, 0.25) is 0 Å². The van der Waals surface area contributed by atoms with E-state index < -0.39 is 22.2 Å². The van der Waals surface area contributed by atoms with Crippen LogP contribution >= 0.6 is 0 Å². The lowest BCUT2D eigenvalue weighted by Gasteiger charge is -2.02. The highest BCUT2D eigenvalue weighted by atomic mass is 32.2. The van der Waals surface area contributed by atoms with Crippen molar-refractivity contribution in [3.8, 4) is 0 Å². The van der Waals surface area contributed by atoms with E-state index >= 15 is 0 Å². The van der Waals surface area contributed by atoms with Gasteiger partial charge in [-0.3, -0.25) is 0 Å². The summed E-state index contributed by atoms with van der Waals surface area (Å²) in [7, 11) is 0. The van der Waals surface area contributed by atoms with Gasteiger partial charge in [0, 0.05) is 0 Å². The molecule has 142 valence electrons. The van der Waals surface area contributed by atoms with Crippen molar-refractivity contribution >= 4 is 46.5 Å². The zero-order valence-corrected chi connectivity index (χ0v) is 16.4. The largest absolute Gasteiger partial charge is 0.302 e. The monoisotopic (exact) mass is 410 g/mol. The average molecular weight is 411 g/mol. The van der Waals surface area contributed by atoms with Crippen LogP contribution in [0.3, 0.4) is 0 Å². The van der Waals surface area contributed by atoms with Crippen molar-refractivity contribution in [2.75, 3.05) is 0 Å². The predicted molar refractivity (Wildman–Crippen MR) is 115 cm³/mol. The predicted octanol–water partition coefficient (Wildman–Crippen LogP) is 5.19. The van der Waals surface area contributed by atoms with Crippen LogP contribution < -0.4 is 0 Å². The molecule has 0 radical (unpaired) electrons. The molecule has 3 rings (SSSR count). The van der Waals surface area contributed by atoms with Gasteiger partial charge >= 0.3 is 0 Å². The van der Waals surface area contributed by atoms with E-state index in [-0.39, 0.29) is 0 Å². The van der Waals surface area contributed by atoms with Gasteiger partial charge in [-0.1, -0.05) is 85.0 Å². The van der Waals surface area contributed by atoms with Crippen molar-refractivity contribution in [2.24, 2.45) is 0 Å². The van der Waals surface area contributed by atoms with Crippen LogP contribution in [0.15, 0.2) is 82.6 Å². The van der Waals surface area contributed by atoms with Gasteiger partial charge in [-0.05, 0) is 34.4 Å². The van der Waals surface area contributed by atoms with E-state index in [0.717, 1.165) is 11.1 Å². The van der Waals surface area contributed by atoms with E-state index in [1.807, 2.05) is 48.6 Å². The van der Waals surface area contributed by atoms with Crippen LogP contribution in [0.2, 0.25) is 0 Å². The summed E-state index contributed by atoms with van der Waals surface area (Å²) in [5.74, 6) is 0. The van der Waals surface area contributed by atoms with Crippen LogP contribution in [-0.4, -0.2) is 17.5 Å². The molecule has 0 aromatic heterocycles. The second kappa shape index (κ2) is 9.52. The molecule has 0 amide bonds. The van der Waals surface area contributed by atoms with Crippen LogP contribution in [0.25, 0.3) is 24.3 Å². The zero-order chi connectivity index (χ0) is 19.9. The maximum absolute atomic E-state index is 11.4. The van der Waals surface area contributed by atoms with E-state index in [1.54, 1.807) is 48.6 Å². The Hall–Kier alpha value is -2.64. The molecule has 0 fully saturated rings. The SMILES string of the molecule is O=S(O)c1ccccc1C=Cc1ccc(C=Cc2ccccc2S(=O)O)cc1. The van der Waals surface area contributed by atoms with Crippen molar-refractivity contribution in [1.29, 1.82) is 0 Å². The third-order valence-corrected chi connectivity index (χ3v) is 5.56. The third-order valence-electron chi connectivity index (χ3n) is 4.06. The first-order chi connectivity index (χ1) is 13.5. The Labute approximate surface area is 168 Å². The molecule has 6 heteroatoms. The van der Waals surface area contributed by atoms with Gasteiger partial charge in [-0.2, -0.15) is 0 Å². The Morgan fingerprint density at radius 2 is 0.893 bits per heavy atom. The molecular formula is C22H18O4S2. The fourth-order valence-corrected chi connectivity index (χ4v) is 3.71. The summed E-state index contributed by atoms with van der Waals surface area (Å²) < 4.78 is 41.4. The average Bonchev–Trinajstić information content (AvgIpc) is 2.71. The van der Waals surface area contributed by atoms with Crippen molar-refractivity contribution in [3.63, 3.8) is 0 Å². The van der Waals surface area contributed by atoms with Crippen LogP contribution in [0.5, 0.6) is 0 Å². The molecule has 28 heavy (non-hydrogen) atoms. The molecule has 0 saturated carbocycles. The lowest BCUT2D eigenvalue weighted by Crippen LogP contribution is -1.91. The number of rotatable bonds is 6. The standard InChI is InChI=1S/C22H18O4S2/c23-27(24)21-7-3-1-5-19(21)15-13-17-9-11-18(12-10-17)14-16-20-6-2-4-8-22(20)28(25)26/h1-16H,(H,23,24)(H,25,26). The third kappa shape index (κ3) is 5.21. The van der Waals surface area contributed by atoms with E-state index in [9.17, 15) is 17.5 Å². The summed E-state index contributed by atoms with van der Waals surface area (Å²) in [6.45, 7) is 0. The summed E-state index contributed by atoms with van der Waals surface area (Å²) in [5, 5.41) is 0. The van der Waals surface area contributed by atoms with Crippen LogP contribution in [-0.2, 0) is 22.2 Å². The van der Waals surface area contributed by atoms with E-state index in [0.29, 0.717) is 20.9 Å². The molecule has 0 aliphatic carbocycles. The van der Waals surface area contributed by atoms with Gasteiger partial charge in [-0.25, -0.2) is 8.42 Å². The molecule has 2 N–H and O–H groups in total. The molecule has 3 aromatic carbocycles. The minimum Gasteiger partial charge on any atom is -0.302 e. The number of hydrogen-bond donors (Lipinski definition) is 2. The topological polar surface area (TPSA) is 74.6 Å². The van der Waals surface area contributed by atoms with Crippen LogP contribution in [0, 0.1) is 0 Å². The lowest BCUT2D eigenvalue weighted by atomic mass is 10.1. The highest BCUT2D eigenvalue weighted by molar-refractivity contribution is 7.79. The van der Waals surface area contributed by atoms with Gasteiger partial charge in [0.1, 0.15) is 0 Å². The van der Waals surface area contributed by atoms with E-state index in [4.69, 9.17) is 0 Å². The number of hydrogen-bond acceptors (Lipinski definition) is 2.